The lowest BCUT2D eigenvalue weighted by Crippen LogP contribution is -2.63. The summed E-state index contributed by atoms with van der Waals surface area (Å²) in [4.78, 5) is 32.8. The van der Waals surface area contributed by atoms with Crippen LogP contribution in [0.2, 0.25) is 5.02 Å². The molecule has 2 aromatic carbocycles. The van der Waals surface area contributed by atoms with Gasteiger partial charge in [0.1, 0.15) is 0 Å². The molecule has 0 spiro atoms. The lowest BCUT2D eigenvalue weighted by molar-refractivity contribution is -0.127. The molecule has 144 valence electrons. The van der Waals surface area contributed by atoms with Crippen LogP contribution in [-0.4, -0.2) is 46.2 Å². The van der Waals surface area contributed by atoms with Crippen LogP contribution in [0.3, 0.4) is 0 Å². The predicted molar refractivity (Wildman–Crippen MR) is 111 cm³/mol. The van der Waals surface area contributed by atoms with Gasteiger partial charge in [-0.2, -0.15) is 0 Å². The molecular weight excluding hydrogens is 396 g/mol. The van der Waals surface area contributed by atoms with Gasteiger partial charge in [0.2, 0.25) is 0 Å². The number of aliphatic imine (C=N–C) groups is 1. The zero-order valence-corrected chi connectivity index (χ0v) is 16.8. The Morgan fingerprint density at radius 2 is 1.82 bits per heavy atom. The zero-order valence-electron chi connectivity index (χ0n) is 15.2. The summed E-state index contributed by atoms with van der Waals surface area (Å²) >= 11 is 7.80. The van der Waals surface area contributed by atoms with Crippen molar-refractivity contribution in [3.63, 3.8) is 0 Å². The molecule has 2 aromatic rings. The van der Waals surface area contributed by atoms with E-state index in [1.54, 1.807) is 7.05 Å². The van der Waals surface area contributed by atoms with Crippen LogP contribution >= 0.6 is 23.4 Å². The highest BCUT2D eigenvalue weighted by Crippen LogP contribution is 2.32. The first kappa shape index (κ1) is 18.8. The Morgan fingerprint density at radius 1 is 1.11 bits per heavy atom. The number of thioether (sulfide) groups is 1. The molecule has 28 heavy (non-hydrogen) atoms. The molecule has 2 heterocycles. The first-order chi connectivity index (χ1) is 13.5. The number of imide groups is 1. The first-order valence-electron chi connectivity index (χ1n) is 8.87. The molecule has 3 amide bonds. The maximum atomic E-state index is 12.6. The van der Waals surface area contributed by atoms with Crippen LogP contribution in [0.1, 0.15) is 11.1 Å². The fourth-order valence-corrected chi connectivity index (χ4v) is 4.67. The van der Waals surface area contributed by atoms with Crippen molar-refractivity contribution in [3.8, 4) is 0 Å². The van der Waals surface area contributed by atoms with E-state index in [1.165, 1.54) is 16.7 Å². The molecule has 1 saturated heterocycles. The highest BCUT2D eigenvalue weighted by molar-refractivity contribution is 8.13. The number of likely N-dealkylation sites (N-methyl/N-ethyl adjacent to an activating group) is 1. The van der Waals surface area contributed by atoms with Crippen molar-refractivity contribution in [2.75, 3.05) is 7.05 Å². The van der Waals surface area contributed by atoms with Crippen LogP contribution in [0.4, 0.5) is 4.79 Å². The number of hydrogen-bond donors (Lipinski definition) is 1. The third-order valence-corrected chi connectivity index (χ3v) is 6.26. The Balaban J connectivity index is 1.61. The maximum absolute atomic E-state index is 12.6. The number of rotatable bonds is 4. The Morgan fingerprint density at radius 3 is 2.57 bits per heavy atom. The summed E-state index contributed by atoms with van der Waals surface area (Å²) in [6.07, 6.45) is -0.529. The van der Waals surface area contributed by atoms with Crippen molar-refractivity contribution in [1.29, 1.82) is 0 Å². The number of nitrogens with zero attached hydrogens (tertiary/aromatic N) is 3. The highest BCUT2D eigenvalue weighted by Gasteiger charge is 2.48. The highest BCUT2D eigenvalue weighted by atomic mass is 35.5. The second kappa shape index (κ2) is 7.85. The minimum Gasteiger partial charge on any atom is -0.331 e. The van der Waals surface area contributed by atoms with Crippen LogP contribution in [0.15, 0.2) is 59.6 Å². The molecule has 6 nitrogen and oxygen atoms in total. The molecule has 2 atom stereocenters. The second-order valence-electron chi connectivity index (χ2n) is 6.67. The average molecular weight is 415 g/mol. The number of amidine groups is 1. The smallest absolute Gasteiger partial charge is 0.325 e. The molecule has 0 aromatic heterocycles. The Labute approximate surface area is 172 Å². The molecule has 1 fully saturated rings. The van der Waals surface area contributed by atoms with Crippen molar-refractivity contribution in [1.82, 2.24) is 15.1 Å². The fraction of sp³-hybridized carbons (Fsp3) is 0.250. The van der Waals surface area contributed by atoms with Gasteiger partial charge in [-0.3, -0.25) is 10.1 Å². The average Bonchev–Trinajstić information content (AvgIpc) is 3.05. The molecule has 0 aliphatic carbocycles. The number of halogens is 1. The summed E-state index contributed by atoms with van der Waals surface area (Å²) in [5.74, 6) is 0.309. The van der Waals surface area contributed by atoms with Gasteiger partial charge in [-0.15, -0.1) is 0 Å². The largest absolute Gasteiger partial charge is 0.331 e. The van der Waals surface area contributed by atoms with Gasteiger partial charge in [-0.05, 0) is 17.2 Å². The first-order valence-corrected chi connectivity index (χ1v) is 10.2. The van der Waals surface area contributed by atoms with E-state index < -0.39 is 18.2 Å². The van der Waals surface area contributed by atoms with E-state index in [4.69, 9.17) is 16.6 Å². The van der Waals surface area contributed by atoms with Crippen molar-refractivity contribution in [2.45, 2.75) is 24.5 Å². The van der Waals surface area contributed by atoms with Crippen molar-refractivity contribution in [2.24, 2.45) is 4.99 Å². The number of nitrogens with one attached hydrogen (secondary N) is 1. The van der Waals surface area contributed by atoms with Gasteiger partial charge in [-0.1, -0.05) is 71.9 Å². The van der Waals surface area contributed by atoms with Gasteiger partial charge < -0.3 is 9.80 Å². The van der Waals surface area contributed by atoms with E-state index in [-0.39, 0.29) is 5.91 Å². The van der Waals surface area contributed by atoms with Crippen LogP contribution < -0.4 is 5.32 Å². The molecule has 2 aliphatic rings. The normalized spacial score (nSPS) is 21.4. The number of benzene rings is 2. The Bertz CT molecular complexity index is 937. The molecular formula is C20H19ClN4O2S. The van der Waals surface area contributed by atoms with Gasteiger partial charge in [0.15, 0.2) is 17.4 Å². The number of amides is 3. The van der Waals surface area contributed by atoms with Gasteiger partial charge >= 0.3 is 6.03 Å². The van der Waals surface area contributed by atoms with E-state index in [0.717, 1.165) is 16.3 Å². The Kier molecular flexibility index (Phi) is 5.28. The summed E-state index contributed by atoms with van der Waals surface area (Å²) in [6, 6.07) is 16.6. The van der Waals surface area contributed by atoms with E-state index >= 15 is 0 Å². The monoisotopic (exact) mass is 414 g/mol. The van der Waals surface area contributed by atoms with E-state index in [9.17, 15) is 9.59 Å². The van der Waals surface area contributed by atoms with Crippen LogP contribution in [-0.2, 0) is 17.1 Å². The molecule has 0 bridgehead atoms. The van der Waals surface area contributed by atoms with E-state index in [2.05, 4.69) is 5.32 Å². The summed E-state index contributed by atoms with van der Waals surface area (Å²) in [6.45, 7) is 0.534. The number of carbonyl (C=O) groups excluding carboxylic acids is 2. The molecule has 0 saturated carbocycles. The lowest BCUT2D eigenvalue weighted by atomic mass is 10.1. The third kappa shape index (κ3) is 3.59. The number of hydrogen-bond acceptors (Lipinski definition) is 5. The van der Waals surface area contributed by atoms with Crippen molar-refractivity contribution in [3.05, 3.63) is 70.7 Å². The van der Waals surface area contributed by atoms with E-state index in [0.29, 0.717) is 17.3 Å². The van der Waals surface area contributed by atoms with Crippen LogP contribution in [0.25, 0.3) is 0 Å². The van der Waals surface area contributed by atoms with Crippen LogP contribution in [0, 0.1) is 0 Å². The minimum absolute atomic E-state index is 0.318. The van der Waals surface area contributed by atoms with Gasteiger partial charge in [0.25, 0.3) is 5.91 Å². The van der Waals surface area contributed by atoms with Crippen LogP contribution in [0.5, 0.6) is 0 Å². The summed E-state index contributed by atoms with van der Waals surface area (Å²) in [5.41, 5.74) is 2.07. The summed E-state index contributed by atoms with van der Waals surface area (Å²) in [7, 11) is 1.66. The van der Waals surface area contributed by atoms with Crippen molar-refractivity contribution < 1.29 is 9.59 Å². The zero-order chi connectivity index (χ0) is 19.7. The second-order valence-corrected chi connectivity index (χ2v) is 8.02. The molecule has 2 unspecified atom stereocenters. The summed E-state index contributed by atoms with van der Waals surface area (Å²) < 4.78 is 0. The Hall–Kier alpha value is -2.51. The van der Waals surface area contributed by atoms with Gasteiger partial charge in [0, 0.05) is 24.4 Å². The lowest BCUT2D eigenvalue weighted by Gasteiger charge is -2.36. The van der Waals surface area contributed by atoms with E-state index in [1.807, 2.05) is 59.5 Å². The topological polar surface area (TPSA) is 65.0 Å². The van der Waals surface area contributed by atoms with Crippen molar-refractivity contribution >= 4 is 40.5 Å². The van der Waals surface area contributed by atoms with Gasteiger partial charge in [-0.25, -0.2) is 9.79 Å². The third-order valence-electron chi connectivity index (χ3n) is 4.83. The SMILES string of the molecule is CN1C(=O)NC(=O)C2C1N=C(SCc1ccccc1Cl)N2Cc1ccccc1. The molecule has 2 aliphatic heterocycles. The maximum Gasteiger partial charge on any atom is 0.325 e. The fourth-order valence-electron chi connectivity index (χ4n) is 3.32. The standard InChI is InChI=1S/C20H19ClN4O2S/c1-24-17-16(18(26)23-19(24)27)25(11-13-7-3-2-4-8-13)20(22-17)28-12-14-9-5-6-10-15(14)21/h2-10,16-17H,11-12H2,1H3,(H,23,26,27). The quantitative estimate of drug-likeness (QED) is 0.833. The summed E-state index contributed by atoms with van der Waals surface area (Å²) in [5, 5.41) is 3.85. The van der Waals surface area contributed by atoms with Gasteiger partial charge in [0.05, 0.1) is 0 Å². The predicted octanol–water partition coefficient (Wildman–Crippen LogP) is 3.32. The molecule has 0 radical (unpaired) electrons. The molecule has 4 rings (SSSR count). The number of urea groups is 1. The number of fused-ring (bicyclic) bond motifs is 1. The number of carbonyl (C=O) groups is 2. The molecule has 8 heteroatoms. The minimum atomic E-state index is -0.545. The molecule has 1 N–H and O–H groups in total.